The van der Waals surface area contributed by atoms with Crippen LogP contribution in [0.2, 0.25) is 0 Å². The highest BCUT2D eigenvalue weighted by Crippen LogP contribution is 2.11. The Bertz CT molecular complexity index is 584. The number of hydrogen-bond acceptors (Lipinski definition) is 6. The number of carbonyl (C=O) groups is 2. The number of aliphatic hydroxyl groups excluding tert-OH is 1. The minimum Gasteiger partial charge on any atom is -0.467 e. The number of benzene rings is 1. The summed E-state index contributed by atoms with van der Waals surface area (Å²) in [6.07, 6.45) is -0.315. The number of rotatable bonds is 7. The Hall–Kier alpha value is -1.93. The van der Waals surface area contributed by atoms with Crippen molar-refractivity contribution in [3.05, 3.63) is 30.3 Å². The van der Waals surface area contributed by atoms with E-state index in [4.69, 9.17) is 5.11 Å². The Kier molecular flexibility index (Phi) is 6.32. The molecule has 0 radical (unpaired) electrons. The van der Waals surface area contributed by atoms with E-state index in [2.05, 4.69) is 10.1 Å². The van der Waals surface area contributed by atoms with Crippen LogP contribution in [-0.2, 0) is 24.2 Å². The van der Waals surface area contributed by atoms with E-state index in [1.807, 2.05) is 0 Å². The summed E-state index contributed by atoms with van der Waals surface area (Å²) in [5.41, 5.74) is 0. The number of nitrogens with one attached hydrogen (secondary N) is 1. The van der Waals surface area contributed by atoms with Crippen molar-refractivity contribution in [2.75, 3.05) is 19.5 Å². The number of carbonyl (C=O) groups excluding carboxylic acids is 2. The van der Waals surface area contributed by atoms with E-state index < -0.39 is 34.4 Å². The second kappa shape index (κ2) is 7.75. The van der Waals surface area contributed by atoms with Gasteiger partial charge in [-0.05, 0) is 12.1 Å². The van der Waals surface area contributed by atoms with Gasteiger partial charge in [-0.25, -0.2) is 13.2 Å². The Labute approximate surface area is 122 Å². The maximum atomic E-state index is 12.0. The van der Waals surface area contributed by atoms with Crippen molar-refractivity contribution in [2.24, 2.45) is 0 Å². The Morgan fingerprint density at radius 3 is 2.43 bits per heavy atom. The molecule has 21 heavy (non-hydrogen) atoms. The minimum absolute atomic E-state index is 0.129. The van der Waals surface area contributed by atoms with Gasteiger partial charge in [-0.3, -0.25) is 4.79 Å². The Morgan fingerprint density at radius 1 is 1.29 bits per heavy atom. The Balaban J connectivity index is 2.59. The molecular formula is C13H17NO6S. The summed E-state index contributed by atoms with van der Waals surface area (Å²) in [5, 5.41) is 11.2. The SMILES string of the molecule is COC(=O)[C@H](CO)NC(=O)CCS(=O)(=O)c1ccccc1. The van der Waals surface area contributed by atoms with Gasteiger partial charge in [0.15, 0.2) is 15.9 Å². The molecule has 0 fully saturated rings. The monoisotopic (exact) mass is 315 g/mol. The first-order valence-electron chi connectivity index (χ1n) is 6.16. The van der Waals surface area contributed by atoms with E-state index in [1.54, 1.807) is 18.2 Å². The van der Waals surface area contributed by atoms with E-state index in [1.165, 1.54) is 12.1 Å². The van der Waals surface area contributed by atoms with Gasteiger partial charge in [0.25, 0.3) is 0 Å². The van der Waals surface area contributed by atoms with E-state index in [9.17, 15) is 18.0 Å². The lowest BCUT2D eigenvalue weighted by Crippen LogP contribution is -2.44. The summed E-state index contributed by atoms with van der Waals surface area (Å²) in [7, 11) is -2.44. The van der Waals surface area contributed by atoms with Gasteiger partial charge in [-0.1, -0.05) is 18.2 Å². The van der Waals surface area contributed by atoms with Crippen molar-refractivity contribution < 1.29 is 27.9 Å². The fourth-order valence-electron chi connectivity index (χ4n) is 1.56. The molecule has 0 spiro atoms. The fourth-order valence-corrected chi connectivity index (χ4v) is 2.82. The molecule has 0 saturated heterocycles. The molecule has 0 aromatic heterocycles. The average molecular weight is 315 g/mol. The van der Waals surface area contributed by atoms with Crippen LogP contribution in [0, 0.1) is 0 Å². The van der Waals surface area contributed by atoms with Gasteiger partial charge in [0.2, 0.25) is 5.91 Å². The van der Waals surface area contributed by atoms with Crippen LogP contribution < -0.4 is 5.32 Å². The quantitative estimate of drug-likeness (QED) is 0.657. The van der Waals surface area contributed by atoms with Crippen LogP contribution >= 0.6 is 0 Å². The summed E-state index contributed by atoms with van der Waals surface area (Å²) < 4.78 is 28.3. The molecule has 2 N–H and O–H groups in total. The number of sulfone groups is 1. The summed E-state index contributed by atoms with van der Waals surface area (Å²) in [6, 6.07) is 6.56. The van der Waals surface area contributed by atoms with Crippen LogP contribution in [0.3, 0.4) is 0 Å². The highest BCUT2D eigenvalue weighted by molar-refractivity contribution is 7.91. The first-order chi connectivity index (χ1) is 9.90. The maximum Gasteiger partial charge on any atom is 0.330 e. The third kappa shape index (κ3) is 5.16. The zero-order chi connectivity index (χ0) is 15.9. The van der Waals surface area contributed by atoms with Gasteiger partial charge in [0, 0.05) is 6.42 Å². The summed E-state index contributed by atoms with van der Waals surface area (Å²) >= 11 is 0. The van der Waals surface area contributed by atoms with Crippen molar-refractivity contribution in [2.45, 2.75) is 17.4 Å². The zero-order valence-electron chi connectivity index (χ0n) is 11.5. The molecule has 1 rings (SSSR count). The van der Waals surface area contributed by atoms with Gasteiger partial charge < -0.3 is 15.2 Å². The molecule has 0 aliphatic heterocycles. The molecule has 1 aromatic carbocycles. The van der Waals surface area contributed by atoms with E-state index in [0.717, 1.165) is 7.11 Å². The molecule has 1 amide bonds. The number of esters is 1. The topological polar surface area (TPSA) is 110 Å². The predicted octanol–water partition coefficient (Wildman–Crippen LogP) is -0.500. The predicted molar refractivity (Wildman–Crippen MR) is 74.1 cm³/mol. The van der Waals surface area contributed by atoms with Crippen LogP contribution in [0.4, 0.5) is 0 Å². The number of ether oxygens (including phenoxy) is 1. The first-order valence-corrected chi connectivity index (χ1v) is 7.82. The highest BCUT2D eigenvalue weighted by atomic mass is 32.2. The molecule has 1 atom stereocenters. The summed E-state index contributed by atoms with van der Waals surface area (Å²) in [4.78, 5) is 22.9. The molecule has 1 aromatic rings. The third-order valence-electron chi connectivity index (χ3n) is 2.70. The zero-order valence-corrected chi connectivity index (χ0v) is 12.3. The normalized spacial score (nSPS) is 12.5. The van der Waals surface area contributed by atoms with Crippen molar-refractivity contribution in [1.29, 1.82) is 0 Å². The van der Waals surface area contributed by atoms with Crippen molar-refractivity contribution in [3.63, 3.8) is 0 Å². The van der Waals surface area contributed by atoms with Crippen LogP contribution in [-0.4, -0.2) is 50.9 Å². The van der Waals surface area contributed by atoms with Gasteiger partial charge in [-0.2, -0.15) is 0 Å². The lowest BCUT2D eigenvalue weighted by molar-refractivity contribution is -0.146. The summed E-state index contributed by atoms with van der Waals surface area (Å²) in [6.45, 7) is -0.621. The van der Waals surface area contributed by atoms with Crippen molar-refractivity contribution >= 4 is 21.7 Å². The van der Waals surface area contributed by atoms with Gasteiger partial charge in [0.05, 0.1) is 24.4 Å². The molecular weight excluding hydrogens is 298 g/mol. The smallest absolute Gasteiger partial charge is 0.330 e. The van der Waals surface area contributed by atoms with Crippen LogP contribution in [0.15, 0.2) is 35.2 Å². The molecule has 0 bridgehead atoms. The highest BCUT2D eigenvalue weighted by Gasteiger charge is 2.22. The van der Waals surface area contributed by atoms with E-state index in [-0.39, 0.29) is 17.1 Å². The number of aliphatic hydroxyl groups is 1. The molecule has 116 valence electrons. The molecule has 8 heteroatoms. The first kappa shape index (κ1) is 17.1. The maximum absolute atomic E-state index is 12.0. The molecule has 0 aliphatic rings. The number of hydrogen-bond donors (Lipinski definition) is 2. The molecule has 0 aliphatic carbocycles. The van der Waals surface area contributed by atoms with Gasteiger partial charge in [-0.15, -0.1) is 0 Å². The Morgan fingerprint density at radius 2 is 1.90 bits per heavy atom. The summed E-state index contributed by atoms with van der Waals surface area (Å²) in [5.74, 6) is -1.84. The largest absolute Gasteiger partial charge is 0.467 e. The fraction of sp³-hybridized carbons (Fsp3) is 0.385. The minimum atomic E-state index is -3.56. The molecule has 0 heterocycles. The average Bonchev–Trinajstić information content (AvgIpc) is 2.50. The van der Waals surface area contributed by atoms with E-state index >= 15 is 0 Å². The van der Waals surface area contributed by atoms with Crippen LogP contribution in [0.1, 0.15) is 6.42 Å². The standard InChI is InChI=1S/C13H17NO6S/c1-20-13(17)11(9-15)14-12(16)7-8-21(18,19)10-5-3-2-4-6-10/h2-6,11,15H,7-9H2,1H3,(H,14,16)/t11-/m0/s1. The molecule has 0 saturated carbocycles. The van der Waals surface area contributed by atoms with Gasteiger partial charge >= 0.3 is 5.97 Å². The molecule has 0 unspecified atom stereocenters. The van der Waals surface area contributed by atoms with Gasteiger partial charge in [0.1, 0.15) is 0 Å². The molecule has 7 nitrogen and oxygen atoms in total. The lowest BCUT2D eigenvalue weighted by atomic mass is 10.3. The number of methoxy groups -OCH3 is 1. The second-order valence-electron chi connectivity index (χ2n) is 4.21. The second-order valence-corrected chi connectivity index (χ2v) is 6.32. The van der Waals surface area contributed by atoms with Crippen molar-refractivity contribution in [1.82, 2.24) is 5.32 Å². The third-order valence-corrected chi connectivity index (χ3v) is 4.44. The van der Waals surface area contributed by atoms with Crippen molar-refractivity contribution in [3.8, 4) is 0 Å². The lowest BCUT2D eigenvalue weighted by Gasteiger charge is -2.13. The van der Waals surface area contributed by atoms with E-state index in [0.29, 0.717) is 0 Å². The van der Waals surface area contributed by atoms with Crippen LogP contribution in [0.25, 0.3) is 0 Å². The number of amides is 1. The van der Waals surface area contributed by atoms with Crippen LogP contribution in [0.5, 0.6) is 0 Å².